The molecule has 24 heavy (non-hydrogen) atoms. The van der Waals surface area contributed by atoms with Crippen molar-refractivity contribution in [3.8, 4) is 5.75 Å². The van der Waals surface area contributed by atoms with Crippen molar-refractivity contribution in [1.29, 1.82) is 0 Å². The van der Waals surface area contributed by atoms with E-state index >= 15 is 0 Å². The maximum Gasteiger partial charge on any atom is 0.257 e. The maximum atomic E-state index is 12.7. The third-order valence-electron chi connectivity index (χ3n) is 4.32. The number of phenolic OH excluding ortho intramolecular Hbond substituents is 1. The first-order valence-electron chi connectivity index (χ1n) is 8.26. The first kappa shape index (κ1) is 16.5. The summed E-state index contributed by atoms with van der Waals surface area (Å²) < 4.78 is 5.11. The van der Waals surface area contributed by atoms with E-state index in [1.807, 2.05) is 24.8 Å². The highest BCUT2D eigenvalue weighted by Crippen LogP contribution is 2.21. The minimum atomic E-state index is -0.102. The molecule has 0 unspecified atom stereocenters. The van der Waals surface area contributed by atoms with Gasteiger partial charge in [-0.2, -0.15) is 0 Å². The van der Waals surface area contributed by atoms with Crippen molar-refractivity contribution in [3.05, 3.63) is 46.8 Å². The van der Waals surface area contributed by atoms with Crippen LogP contribution in [0.2, 0.25) is 0 Å². The van der Waals surface area contributed by atoms with Crippen LogP contribution in [-0.2, 0) is 6.54 Å². The molecule has 6 heteroatoms. The smallest absolute Gasteiger partial charge is 0.257 e. The van der Waals surface area contributed by atoms with E-state index in [9.17, 15) is 9.90 Å². The van der Waals surface area contributed by atoms with Gasteiger partial charge in [0.15, 0.2) is 0 Å². The molecule has 1 fully saturated rings. The van der Waals surface area contributed by atoms with E-state index in [-0.39, 0.29) is 11.7 Å². The Hall–Kier alpha value is -2.34. The lowest BCUT2D eigenvalue weighted by Crippen LogP contribution is -2.35. The summed E-state index contributed by atoms with van der Waals surface area (Å²) in [5.74, 6) is 0.756. The zero-order chi connectivity index (χ0) is 17.1. The van der Waals surface area contributed by atoms with Gasteiger partial charge >= 0.3 is 0 Å². The summed E-state index contributed by atoms with van der Waals surface area (Å²) in [6.07, 6.45) is 0.898. The van der Waals surface area contributed by atoms with E-state index in [0.29, 0.717) is 18.7 Å². The first-order valence-corrected chi connectivity index (χ1v) is 8.26. The van der Waals surface area contributed by atoms with E-state index < -0.39 is 0 Å². The van der Waals surface area contributed by atoms with Gasteiger partial charge in [-0.15, -0.1) is 0 Å². The number of carbonyl (C=O) groups excluding carboxylic acids is 1. The molecule has 0 bridgehead atoms. The van der Waals surface area contributed by atoms with E-state index in [4.69, 9.17) is 4.52 Å². The van der Waals surface area contributed by atoms with Crippen LogP contribution in [0.3, 0.4) is 0 Å². The van der Waals surface area contributed by atoms with Crippen molar-refractivity contribution in [2.24, 2.45) is 0 Å². The number of aryl methyl sites for hydroxylation is 2. The van der Waals surface area contributed by atoms with Crippen LogP contribution in [0.15, 0.2) is 28.8 Å². The molecule has 1 saturated heterocycles. The van der Waals surface area contributed by atoms with Crippen LogP contribution in [0, 0.1) is 13.8 Å². The van der Waals surface area contributed by atoms with Crippen LogP contribution < -0.4 is 0 Å². The fourth-order valence-electron chi connectivity index (χ4n) is 3.05. The van der Waals surface area contributed by atoms with Crippen molar-refractivity contribution in [2.45, 2.75) is 26.8 Å². The molecule has 3 rings (SSSR count). The van der Waals surface area contributed by atoms with E-state index in [0.717, 1.165) is 43.1 Å². The topological polar surface area (TPSA) is 69.8 Å². The number of amides is 1. The molecule has 0 spiro atoms. The van der Waals surface area contributed by atoms with Gasteiger partial charge in [0.25, 0.3) is 5.91 Å². The molecule has 1 aliphatic heterocycles. The highest BCUT2D eigenvalue weighted by atomic mass is 16.5. The lowest BCUT2D eigenvalue weighted by molar-refractivity contribution is 0.0758. The second-order valence-electron chi connectivity index (χ2n) is 6.37. The minimum Gasteiger partial charge on any atom is -0.507 e. The monoisotopic (exact) mass is 329 g/mol. The van der Waals surface area contributed by atoms with Gasteiger partial charge in [-0.05, 0) is 32.4 Å². The van der Waals surface area contributed by atoms with Crippen molar-refractivity contribution >= 4 is 5.91 Å². The maximum absolute atomic E-state index is 12.7. The number of phenols is 1. The fraction of sp³-hybridized carbons (Fsp3) is 0.444. The SMILES string of the molecule is Cc1ccc(O)c(C(=O)N2CCCN(Cc3cc(C)on3)CC2)c1. The van der Waals surface area contributed by atoms with Crippen LogP contribution in [0.5, 0.6) is 5.75 Å². The first-order chi connectivity index (χ1) is 11.5. The van der Waals surface area contributed by atoms with Gasteiger partial charge in [-0.25, -0.2) is 0 Å². The quantitative estimate of drug-likeness (QED) is 0.936. The number of aromatic hydroxyl groups is 1. The molecule has 2 heterocycles. The number of nitrogens with zero attached hydrogens (tertiary/aromatic N) is 3. The van der Waals surface area contributed by atoms with Crippen LogP contribution in [0.25, 0.3) is 0 Å². The van der Waals surface area contributed by atoms with Crippen LogP contribution in [0.1, 0.15) is 33.8 Å². The molecule has 0 saturated carbocycles. The summed E-state index contributed by atoms with van der Waals surface area (Å²) in [5.41, 5.74) is 2.27. The average Bonchev–Trinajstić information content (AvgIpc) is 2.82. The van der Waals surface area contributed by atoms with Crippen molar-refractivity contribution in [2.75, 3.05) is 26.2 Å². The molecule has 1 N–H and O–H groups in total. The molecule has 2 aromatic rings. The van der Waals surface area contributed by atoms with Crippen LogP contribution >= 0.6 is 0 Å². The highest BCUT2D eigenvalue weighted by molar-refractivity contribution is 5.97. The Kier molecular flexibility index (Phi) is 4.85. The molecule has 6 nitrogen and oxygen atoms in total. The Balaban J connectivity index is 1.64. The number of hydrogen-bond acceptors (Lipinski definition) is 5. The molecule has 1 aromatic carbocycles. The fourth-order valence-corrected chi connectivity index (χ4v) is 3.05. The van der Waals surface area contributed by atoms with Gasteiger partial charge in [0.05, 0.1) is 11.3 Å². The molecule has 0 radical (unpaired) electrons. The van der Waals surface area contributed by atoms with Gasteiger partial charge in [-0.1, -0.05) is 16.8 Å². The number of benzene rings is 1. The average molecular weight is 329 g/mol. The number of rotatable bonds is 3. The van der Waals surface area contributed by atoms with Gasteiger partial charge < -0.3 is 14.5 Å². The van der Waals surface area contributed by atoms with Gasteiger partial charge in [0, 0.05) is 38.8 Å². The Morgan fingerprint density at radius 2 is 2.04 bits per heavy atom. The highest BCUT2D eigenvalue weighted by Gasteiger charge is 2.22. The third kappa shape index (κ3) is 3.76. The summed E-state index contributed by atoms with van der Waals surface area (Å²) in [5, 5.41) is 14.0. The summed E-state index contributed by atoms with van der Waals surface area (Å²) in [6.45, 7) is 7.56. The zero-order valence-electron chi connectivity index (χ0n) is 14.2. The Bertz CT molecular complexity index is 726. The predicted molar refractivity (Wildman–Crippen MR) is 89.9 cm³/mol. The second kappa shape index (κ2) is 7.05. The van der Waals surface area contributed by atoms with Crippen molar-refractivity contribution in [1.82, 2.24) is 15.0 Å². The van der Waals surface area contributed by atoms with Crippen LogP contribution in [-0.4, -0.2) is 52.1 Å². The molecule has 1 aliphatic rings. The lowest BCUT2D eigenvalue weighted by Gasteiger charge is -2.22. The molecular weight excluding hydrogens is 306 g/mol. The van der Waals surface area contributed by atoms with E-state index in [1.54, 1.807) is 18.2 Å². The third-order valence-corrected chi connectivity index (χ3v) is 4.32. The van der Waals surface area contributed by atoms with Crippen LogP contribution in [0.4, 0.5) is 0 Å². The summed E-state index contributed by atoms with van der Waals surface area (Å²) >= 11 is 0. The summed E-state index contributed by atoms with van der Waals surface area (Å²) in [7, 11) is 0. The van der Waals surface area contributed by atoms with Gasteiger partial charge in [0.2, 0.25) is 0 Å². The van der Waals surface area contributed by atoms with Gasteiger partial charge in [-0.3, -0.25) is 9.69 Å². The Morgan fingerprint density at radius 1 is 1.21 bits per heavy atom. The van der Waals surface area contributed by atoms with Gasteiger partial charge in [0.1, 0.15) is 11.5 Å². The minimum absolute atomic E-state index is 0.0461. The second-order valence-corrected chi connectivity index (χ2v) is 6.37. The van der Waals surface area contributed by atoms with Crippen molar-refractivity contribution in [3.63, 3.8) is 0 Å². The van der Waals surface area contributed by atoms with Crippen molar-refractivity contribution < 1.29 is 14.4 Å². The van der Waals surface area contributed by atoms with E-state index in [1.165, 1.54) is 0 Å². The number of hydrogen-bond donors (Lipinski definition) is 1. The molecule has 1 amide bonds. The number of carbonyl (C=O) groups is 1. The molecular formula is C18H23N3O3. The molecule has 0 atom stereocenters. The Labute approximate surface area is 141 Å². The summed E-state index contributed by atoms with van der Waals surface area (Å²) in [4.78, 5) is 16.8. The number of aromatic nitrogens is 1. The molecule has 1 aromatic heterocycles. The Morgan fingerprint density at radius 3 is 2.79 bits per heavy atom. The molecule has 0 aliphatic carbocycles. The zero-order valence-corrected chi connectivity index (χ0v) is 14.2. The lowest BCUT2D eigenvalue weighted by atomic mass is 10.1. The largest absolute Gasteiger partial charge is 0.507 e. The predicted octanol–water partition coefficient (Wildman–Crippen LogP) is 2.35. The molecule has 128 valence electrons. The summed E-state index contributed by atoms with van der Waals surface area (Å²) in [6, 6.07) is 7.08. The normalized spacial score (nSPS) is 16.2. The standard InChI is InChI=1S/C18H23N3O3/c1-13-4-5-17(22)16(10-13)18(23)21-7-3-6-20(8-9-21)12-15-11-14(2)24-19-15/h4-5,10-11,22H,3,6-9,12H2,1-2H3. The van der Waals surface area contributed by atoms with E-state index in [2.05, 4.69) is 10.1 Å².